The van der Waals surface area contributed by atoms with Gasteiger partial charge in [-0.1, -0.05) is 25.0 Å². The van der Waals surface area contributed by atoms with Crippen LogP contribution in [0.5, 0.6) is 5.75 Å². The second-order valence-corrected chi connectivity index (χ2v) is 9.32. The number of aliphatic imine (C=N–C) groups is 1. The van der Waals surface area contributed by atoms with Crippen molar-refractivity contribution in [1.82, 2.24) is 15.1 Å². The normalized spacial score (nSPS) is 21.5. The van der Waals surface area contributed by atoms with Crippen LogP contribution in [0.25, 0.3) is 0 Å². The van der Waals surface area contributed by atoms with E-state index < -0.39 is 0 Å². The molecule has 1 aromatic rings. The Morgan fingerprint density at radius 1 is 1.15 bits per heavy atom. The molecule has 3 fully saturated rings. The zero-order valence-corrected chi connectivity index (χ0v) is 22.4. The first-order valence-corrected chi connectivity index (χ1v) is 12.1. The summed E-state index contributed by atoms with van der Waals surface area (Å²) in [5.74, 6) is 2.31. The number of nitrogens with one attached hydrogen (secondary N) is 1. The Hall–Kier alpha value is -1.55. The Morgan fingerprint density at radius 2 is 1.85 bits per heavy atom. The number of benzene rings is 1. The third-order valence-electron chi connectivity index (χ3n) is 7.51. The van der Waals surface area contributed by atoms with E-state index in [1.807, 2.05) is 18.0 Å². The van der Waals surface area contributed by atoms with Gasteiger partial charge in [-0.05, 0) is 43.4 Å². The summed E-state index contributed by atoms with van der Waals surface area (Å²) in [4.78, 5) is 21.7. The van der Waals surface area contributed by atoms with Crippen LogP contribution in [0.15, 0.2) is 29.3 Å². The molecule has 0 unspecified atom stereocenters. The van der Waals surface area contributed by atoms with Crippen molar-refractivity contribution in [2.24, 2.45) is 10.9 Å². The maximum atomic E-state index is 12.8. The number of likely N-dealkylation sites (tertiary alicyclic amines) is 1. The third kappa shape index (κ3) is 6.12. The van der Waals surface area contributed by atoms with Gasteiger partial charge in [-0.15, -0.1) is 24.0 Å². The third-order valence-corrected chi connectivity index (χ3v) is 7.51. The predicted molar refractivity (Wildman–Crippen MR) is 142 cm³/mol. The molecule has 2 aliphatic heterocycles. The van der Waals surface area contributed by atoms with Gasteiger partial charge in [-0.25, -0.2) is 0 Å². The molecule has 184 valence electrons. The van der Waals surface area contributed by atoms with Crippen LogP contribution in [0.4, 0.5) is 0 Å². The van der Waals surface area contributed by atoms with E-state index in [1.54, 1.807) is 7.11 Å². The zero-order valence-electron chi connectivity index (χ0n) is 20.1. The van der Waals surface area contributed by atoms with Crippen molar-refractivity contribution in [1.29, 1.82) is 0 Å². The lowest BCUT2D eigenvalue weighted by atomic mass is 9.78. The smallest absolute Gasteiger partial charge is 0.225 e. The standard InChI is InChI=1S/C25H38N4O3.HI/c1-26-24(29-12-8-20(9-13-29)23(30)28-14-16-32-17-15-28)27-19-25(10-3-4-11-25)21-6-5-7-22(18-21)31-2;/h5-7,18,20H,3-4,8-17,19H2,1-2H3,(H,26,27);1H. The first kappa shape index (κ1) is 26.1. The van der Waals surface area contributed by atoms with Gasteiger partial charge in [0.2, 0.25) is 5.91 Å². The highest BCUT2D eigenvalue weighted by molar-refractivity contribution is 14.0. The molecule has 1 amide bonds. The van der Waals surface area contributed by atoms with Gasteiger partial charge in [0.1, 0.15) is 5.75 Å². The summed E-state index contributed by atoms with van der Waals surface area (Å²) < 4.78 is 10.9. The predicted octanol–water partition coefficient (Wildman–Crippen LogP) is 3.27. The lowest BCUT2D eigenvalue weighted by Crippen LogP contribution is -2.51. The molecule has 0 spiro atoms. The van der Waals surface area contributed by atoms with Crippen LogP contribution in [-0.2, 0) is 14.9 Å². The number of carbonyl (C=O) groups is 1. The highest BCUT2D eigenvalue weighted by Crippen LogP contribution is 2.41. The number of amides is 1. The summed E-state index contributed by atoms with van der Waals surface area (Å²) in [6.45, 7) is 5.40. The summed E-state index contributed by atoms with van der Waals surface area (Å²) in [6.07, 6.45) is 6.65. The average molecular weight is 571 g/mol. The maximum Gasteiger partial charge on any atom is 0.225 e. The van der Waals surface area contributed by atoms with Gasteiger partial charge >= 0.3 is 0 Å². The number of halogens is 1. The van der Waals surface area contributed by atoms with Gasteiger partial charge in [-0.3, -0.25) is 9.79 Å². The minimum Gasteiger partial charge on any atom is -0.497 e. The molecule has 0 aromatic heterocycles. The van der Waals surface area contributed by atoms with Crippen LogP contribution in [0, 0.1) is 5.92 Å². The van der Waals surface area contributed by atoms with Crippen molar-refractivity contribution in [2.75, 3.05) is 60.1 Å². The SMILES string of the molecule is CN=C(NCC1(c2cccc(OC)c2)CCCC1)N1CCC(C(=O)N2CCOCC2)CC1.I. The second kappa shape index (κ2) is 12.2. The number of ether oxygens (including phenoxy) is 2. The summed E-state index contributed by atoms with van der Waals surface area (Å²) >= 11 is 0. The Morgan fingerprint density at radius 3 is 2.48 bits per heavy atom. The van der Waals surface area contributed by atoms with Gasteiger partial charge in [0.15, 0.2) is 5.96 Å². The van der Waals surface area contributed by atoms with E-state index in [2.05, 4.69) is 33.4 Å². The molecule has 0 bridgehead atoms. The van der Waals surface area contributed by atoms with Crippen LogP contribution in [0.2, 0.25) is 0 Å². The first-order valence-electron chi connectivity index (χ1n) is 12.1. The highest BCUT2D eigenvalue weighted by Gasteiger charge is 2.37. The van der Waals surface area contributed by atoms with Crippen LogP contribution >= 0.6 is 24.0 Å². The topological polar surface area (TPSA) is 66.4 Å². The number of morpholine rings is 1. The minimum absolute atomic E-state index is 0. The van der Waals surface area contributed by atoms with Gasteiger partial charge in [-0.2, -0.15) is 0 Å². The van der Waals surface area contributed by atoms with E-state index in [0.717, 1.165) is 57.3 Å². The van der Waals surface area contributed by atoms with Crippen molar-refractivity contribution in [3.63, 3.8) is 0 Å². The van der Waals surface area contributed by atoms with Gasteiger partial charge in [0, 0.05) is 51.1 Å². The van der Waals surface area contributed by atoms with Crippen molar-refractivity contribution >= 4 is 35.8 Å². The summed E-state index contributed by atoms with van der Waals surface area (Å²) in [5, 5.41) is 3.69. The van der Waals surface area contributed by atoms with E-state index in [1.165, 1.54) is 31.2 Å². The maximum absolute atomic E-state index is 12.8. The molecular formula is C25H39IN4O3. The van der Waals surface area contributed by atoms with Crippen molar-refractivity contribution in [2.45, 2.75) is 43.9 Å². The summed E-state index contributed by atoms with van der Waals surface area (Å²) in [7, 11) is 3.59. The Kier molecular flexibility index (Phi) is 9.67. The average Bonchev–Trinajstić information content (AvgIpc) is 3.35. The van der Waals surface area contributed by atoms with E-state index in [9.17, 15) is 4.79 Å². The number of nitrogens with zero attached hydrogens (tertiary/aromatic N) is 3. The fraction of sp³-hybridized carbons (Fsp3) is 0.680. The molecule has 2 heterocycles. The molecular weight excluding hydrogens is 531 g/mol. The molecule has 1 N–H and O–H groups in total. The Labute approximate surface area is 215 Å². The fourth-order valence-electron chi connectivity index (χ4n) is 5.53. The number of carbonyl (C=O) groups excluding carboxylic acids is 1. The molecule has 0 radical (unpaired) electrons. The van der Waals surface area contributed by atoms with Crippen LogP contribution in [-0.4, -0.2) is 81.8 Å². The number of hydrogen-bond acceptors (Lipinski definition) is 4. The van der Waals surface area contributed by atoms with E-state index >= 15 is 0 Å². The van der Waals surface area contributed by atoms with Gasteiger partial charge < -0.3 is 24.6 Å². The molecule has 1 aliphatic carbocycles. The molecule has 1 saturated carbocycles. The summed E-state index contributed by atoms with van der Waals surface area (Å²) in [5.41, 5.74) is 1.47. The number of piperidine rings is 1. The molecule has 4 rings (SSSR count). The Balaban J connectivity index is 0.00000306. The lowest BCUT2D eigenvalue weighted by Gasteiger charge is -2.38. The monoisotopic (exact) mass is 570 g/mol. The van der Waals surface area contributed by atoms with Crippen LogP contribution in [0.3, 0.4) is 0 Å². The molecule has 33 heavy (non-hydrogen) atoms. The van der Waals surface area contributed by atoms with Crippen LogP contribution < -0.4 is 10.1 Å². The zero-order chi connectivity index (χ0) is 22.4. The summed E-state index contributed by atoms with van der Waals surface area (Å²) in [6, 6.07) is 8.54. The fourth-order valence-corrected chi connectivity index (χ4v) is 5.53. The van der Waals surface area contributed by atoms with Crippen molar-refractivity contribution < 1.29 is 14.3 Å². The van der Waals surface area contributed by atoms with E-state index in [-0.39, 0.29) is 35.3 Å². The van der Waals surface area contributed by atoms with E-state index in [0.29, 0.717) is 19.1 Å². The number of hydrogen-bond donors (Lipinski definition) is 1. The second-order valence-electron chi connectivity index (χ2n) is 9.32. The Bertz CT molecular complexity index is 799. The van der Waals surface area contributed by atoms with Gasteiger partial charge in [0.25, 0.3) is 0 Å². The van der Waals surface area contributed by atoms with Crippen molar-refractivity contribution in [3.05, 3.63) is 29.8 Å². The molecule has 0 atom stereocenters. The lowest BCUT2D eigenvalue weighted by molar-refractivity contribution is -0.140. The quantitative estimate of drug-likeness (QED) is 0.335. The molecule has 7 nitrogen and oxygen atoms in total. The molecule has 1 aromatic carbocycles. The number of rotatable bonds is 5. The van der Waals surface area contributed by atoms with Gasteiger partial charge in [0.05, 0.1) is 20.3 Å². The molecule has 3 aliphatic rings. The molecule has 2 saturated heterocycles. The largest absolute Gasteiger partial charge is 0.497 e. The first-order chi connectivity index (χ1) is 15.6. The van der Waals surface area contributed by atoms with Crippen LogP contribution in [0.1, 0.15) is 44.1 Å². The minimum atomic E-state index is 0. The highest BCUT2D eigenvalue weighted by atomic mass is 127. The molecule has 8 heteroatoms. The number of methoxy groups -OCH3 is 1. The number of guanidine groups is 1. The van der Waals surface area contributed by atoms with Crippen molar-refractivity contribution in [3.8, 4) is 5.75 Å². The van der Waals surface area contributed by atoms with E-state index in [4.69, 9.17) is 9.47 Å².